The number of aromatic amines is 2. The van der Waals surface area contributed by atoms with Crippen LogP contribution in [0.4, 0.5) is 5.69 Å². The van der Waals surface area contributed by atoms with Gasteiger partial charge in [-0.2, -0.15) is 0 Å². The third kappa shape index (κ3) is 2.51. The molecule has 0 spiro atoms. The zero-order chi connectivity index (χ0) is 14.3. The number of hydrogen-bond acceptors (Lipinski definition) is 4. The highest BCUT2D eigenvalue weighted by molar-refractivity contribution is 7.90. The lowest BCUT2D eigenvalue weighted by atomic mass is 10.2. The van der Waals surface area contributed by atoms with Gasteiger partial charge in [-0.15, -0.1) is 0 Å². The van der Waals surface area contributed by atoms with E-state index in [2.05, 4.69) is 14.9 Å². The summed E-state index contributed by atoms with van der Waals surface area (Å²) in [6, 6.07) is 5.35. The van der Waals surface area contributed by atoms with E-state index in [1.807, 2.05) is 12.3 Å². The standard InChI is InChI=1S/C13H15N3O2S2/c1-20(17,18)11-3-2-9-4-5-16(12(9)6-11)8-10-7-14-13(19)15-10/h2-3,6-7H,4-5,8H2,1H3,(H2,14,15,19). The zero-order valence-corrected chi connectivity index (χ0v) is 12.6. The first kappa shape index (κ1) is 13.4. The summed E-state index contributed by atoms with van der Waals surface area (Å²) in [4.78, 5) is 8.55. The van der Waals surface area contributed by atoms with E-state index >= 15 is 0 Å². The summed E-state index contributed by atoms with van der Waals surface area (Å²) in [5.41, 5.74) is 3.17. The van der Waals surface area contributed by atoms with Crippen molar-refractivity contribution in [1.82, 2.24) is 9.97 Å². The highest BCUT2D eigenvalue weighted by atomic mass is 32.2. The molecule has 3 rings (SSSR count). The molecule has 2 heterocycles. The zero-order valence-electron chi connectivity index (χ0n) is 11.0. The molecule has 0 aliphatic carbocycles. The molecule has 0 saturated carbocycles. The molecule has 1 aromatic heterocycles. The molecular formula is C13H15N3O2S2. The number of anilines is 1. The number of hydrogen-bond donors (Lipinski definition) is 2. The van der Waals surface area contributed by atoms with Crippen LogP contribution in [0.25, 0.3) is 0 Å². The topological polar surface area (TPSA) is 69.0 Å². The van der Waals surface area contributed by atoms with Gasteiger partial charge < -0.3 is 14.9 Å². The first-order valence-electron chi connectivity index (χ1n) is 6.28. The van der Waals surface area contributed by atoms with Crippen LogP contribution in [0, 0.1) is 4.77 Å². The second-order valence-corrected chi connectivity index (χ2v) is 7.43. The molecule has 7 heteroatoms. The Morgan fingerprint density at radius 3 is 2.85 bits per heavy atom. The summed E-state index contributed by atoms with van der Waals surface area (Å²) in [6.07, 6.45) is 4.02. The Morgan fingerprint density at radius 1 is 1.40 bits per heavy atom. The van der Waals surface area contributed by atoms with Crippen molar-refractivity contribution in [2.24, 2.45) is 0 Å². The second kappa shape index (κ2) is 4.75. The Bertz CT molecular complexity index is 805. The molecule has 2 aromatic rings. The quantitative estimate of drug-likeness (QED) is 0.851. The lowest BCUT2D eigenvalue weighted by molar-refractivity contribution is 0.602. The van der Waals surface area contributed by atoms with Crippen LogP contribution in [0.5, 0.6) is 0 Å². The minimum Gasteiger partial charge on any atom is -0.365 e. The van der Waals surface area contributed by atoms with Gasteiger partial charge >= 0.3 is 0 Å². The fourth-order valence-electron chi connectivity index (χ4n) is 2.48. The molecule has 0 unspecified atom stereocenters. The molecule has 1 aliphatic heterocycles. The summed E-state index contributed by atoms with van der Waals surface area (Å²) in [5, 5.41) is 0. The summed E-state index contributed by atoms with van der Waals surface area (Å²) in [7, 11) is -3.17. The van der Waals surface area contributed by atoms with E-state index in [9.17, 15) is 8.42 Å². The maximum absolute atomic E-state index is 11.7. The molecule has 2 N–H and O–H groups in total. The van der Waals surface area contributed by atoms with Gasteiger partial charge in [0, 0.05) is 24.7 Å². The number of rotatable bonds is 3. The number of imidazole rings is 1. The molecule has 0 atom stereocenters. The predicted octanol–water partition coefficient (Wildman–Crippen LogP) is 2.04. The smallest absolute Gasteiger partial charge is 0.175 e. The van der Waals surface area contributed by atoms with Crippen LogP contribution in [0.1, 0.15) is 11.3 Å². The van der Waals surface area contributed by atoms with Crippen molar-refractivity contribution in [3.8, 4) is 0 Å². The average molecular weight is 309 g/mol. The average Bonchev–Trinajstić information content (AvgIpc) is 2.95. The van der Waals surface area contributed by atoms with E-state index in [0.29, 0.717) is 16.2 Å². The normalized spacial score (nSPS) is 14.6. The maximum atomic E-state index is 11.7. The molecule has 1 aromatic carbocycles. The molecule has 1 aliphatic rings. The van der Waals surface area contributed by atoms with Crippen LogP contribution >= 0.6 is 12.2 Å². The molecule has 0 radical (unpaired) electrons. The number of H-pyrrole nitrogens is 2. The minimum atomic E-state index is -3.17. The number of sulfone groups is 1. The first-order valence-corrected chi connectivity index (χ1v) is 8.58. The van der Waals surface area contributed by atoms with Crippen molar-refractivity contribution in [2.45, 2.75) is 17.9 Å². The Hall–Kier alpha value is -1.60. The maximum Gasteiger partial charge on any atom is 0.175 e. The van der Waals surface area contributed by atoms with Crippen molar-refractivity contribution in [2.75, 3.05) is 17.7 Å². The lowest BCUT2D eigenvalue weighted by Crippen LogP contribution is -2.20. The van der Waals surface area contributed by atoms with Gasteiger partial charge in [0.15, 0.2) is 14.6 Å². The van der Waals surface area contributed by atoms with Gasteiger partial charge in [-0.05, 0) is 36.3 Å². The molecule has 0 saturated heterocycles. The number of fused-ring (bicyclic) bond motifs is 1. The van der Waals surface area contributed by atoms with Gasteiger partial charge in [-0.1, -0.05) is 6.07 Å². The number of nitrogens with zero attached hydrogens (tertiary/aromatic N) is 1. The SMILES string of the molecule is CS(=O)(=O)c1ccc2c(c1)N(Cc1c[nH]c(=S)[nH]1)CC2. The summed E-state index contributed by atoms with van der Waals surface area (Å²) in [6.45, 7) is 1.57. The molecule has 20 heavy (non-hydrogen) atoms. The predicted molar refractivity (Wildman–Crippen MR) is 80.3 cm³/mol. The van der Waals surface area contributed by atoms with Crippen molar-refractivity contribution in [1.29, 1.82) is 0 Å². The number of nitrogens with one attached hydrogen (secondary N) is 2. The summed E-state index contributed by atoms with van der Waals surface area (Å²) in [5.74, 6) is 0. The third-order valence-electron chi connectivity index (χ3n) is 3.49. The van der Waals surface area contributed by atoms with Crippen molar-refractivity contribution in [3.63, 3.8) is 0 Å². The van der Waals surface area contributed by atoms with Gasteiger partial charge in [0.2, 0.25) is 0 Å². The van der Waals surface area contributed by atoms with Gasteiger partial charge in [0.1, 0.15) is 0 Å². The fraction of sp³-hybridized carbons (Fsp3) is 0.308. The minimum absolute atomic E-state index is 0.366. The van der Waals surface area contributed by atoms with Crippen LogP contribution in [0.15, 0.2) is 29.3 Å². The van der Waals surface area contributed by atoms with Crippen molar-refractivity contribution >= 4 is 27.7 Å². The molecule has 0 fully saturated rings. The van der Waals surface area contributed by atoms with Crippen LogP contribution in [0.3, 0.4) is 0 Å². The summed E-state index contributed by atoms with van der Waals surface area (Å²) >= 11 is 5.01. The highest BCUT2D eigenvalue weighted by Gasteiger charge is 2.21. The molecule has 106 valence electrons. The van der Waals surface area contributed by atoms with Crippen molar-refractivity contribution in [3.05, 3.63) is 40.4 Å². The van der Waals surface area contributed by atoms with Gasteiger partial charge in [0.25, 0.3) is 0 Å². The Kier molecular flexibility index (Phi) is 3.18. The van der Waals surface area contributed by atoms with Crippen LogP contribution in [-0.4, -0.2) is 31.2 Å². The molecule has 0 bridgehead atoms. The van der Waals surface area contributed by atoms with Gasteiger partial charge in [-0.25, -0.2) is 8.42 Å². The van der Waals surface area contributed by atoms with E-state index in [4.69, 9.17) is 12.2 Å². The molecular weight excluding hydrogens is 294 g/mol. The summed E-state index contributed by atoms with van der Waals surface area (Å²) < 4.78 is 23.9. The van der Waals surface area contributed by atoms with Gasteiger partial charge in [0.05, 0.1) is 17.1 Å². The van der Waals surface area contributed by atoms with Crippen LogP contribution in [-0.2, 0) is 22.8 Å². The van der Waals surface area contributed by atoms with E-state index in [-0.39, 0.29) is 0 Å². The van der Waals surface area contributed by atoms with E-state index in [1.54, 1.807) is 12.1 Å². The number of benzene rings is 1. The monoisotopic (exact) mass is 309 g/mol. The Morgan fingerprint density at radius 2 is 2.20 bits per heavy atom. The fourth-order valence-corrected chi connectivity index (χ4v) is 3.31. The Balaban J connectivity index is 1.94. The third-order valence-corrected chi connectivity index (χ3v) is 4.82. The lowest BCUT2D eigenvalue weighted by Gasteiger charge is -2.18. The second-order valence-electron chi connectivity index (χ2n) is 5.00. The van der Waals surface area contributed by atoms with E-state index in [1.165, 1.54) is 11.8 Å². The molecule has 0 amide bonds. The van der Waals surface area contributed by atoms with Crippen LogP contribution in [0.2, 0.25) is 0 Å². The largest absolute Gasteiger partial charge is 0.365 e. The first-order chi connectivity index (χ1) is 9.43. The number of aromatic nitrogens is 2. The van der Waals surface area contributed by atoms with Crippen molar-refractivity contribution < 1.29 is 8.42 Å². The highest BCUT2D eigenvalue weighted by Crippen LogP contribution is 2.31. The molecule has 5 nitrogen and oxygen atoms in total. The van der Waals surface area contributed by atoms with E-state index in [0.717, 1.165) is 24.3 Å². The van der Waals surface area contributed by atoms with E-state index < -0.39 is 9.84 Å². The Labute approximate surface area is 122 Å². The van der Waals surface area contributed by atoms with Gasteiger partial charge in [-0.3, -0.25) is 0 Å². The van der Waals surface area contributed by atoms with Crippen LogP contribution < -0.4 is 4.90 Å².